The fraction of sp³-hybridized carbons (Fsp3) is 0.368. The Morgan fingerprint density at radius 1 is 1.27 bits per heavy atom. The molecule has 1 amide bonds. The number of benzene rings is 1. The molecule has 0 saturated carbocycles. The van der Waals surface area contributed by atoms with E-state index in [0.717, 1.165) is 37.6 Å². The number of nitrogens with zero attached hydrogens (tertiary/aromatic N) is 2. The van der Waals surface area contributed by atoms with Crippen molar-refractivity contribution >= 4 is 34.6 Å². The summed E-state index contributed by atoms with van der Waals surface area (Å²) in [6.45, 7) is 7.16. The van der Waals surface area contributed by atoms with Crippen LogP contribution in [0.15, 0.2) is 36.5 Å². The smallest absolute Gasteiger partial charge is 0.246 e. The number of hydrogen-bond donors (Lipinski definition) is 2. The fourth-order valence-electron chi connectivity index (χ4n) is 2.85. The standard InChI is InChI=1S/C19H23ClN4O2/c1-13-12-15(24-8-10-26-11-9-24)5-6-16(13)22-14(2)19(25)23-17-4-3-7-21-18(17)20/h3-7,12,14,22H,8-11H2,1-2H3,(H,23,25)/t14-/m1/s1. The molecule has 1 atom stereocenters. The molecule has 3 rings (SSSR count). The average molecular weight is 375 g/mol. The molecule has 1 fully saturated rings. The van der Waals surface area contributed by atoms with Gasteiger partial charge in [-0.2, -0.15) is 0 Å². The molecule has 7 heteroatoms. The van der Waals surface area contributed by atoms with Crippen LogP contribution in [0.2, 0.25) is 5.15 Å². The first-order valence-electron chi connectivity index (χ1n) is 8.66. The van der Waals surface area contributed by atoms with Crippen LogP contribution in [0.25, 0.3) is 0 Å². The Hall–Kier alpha value is -2.31. The van der Waals surface area contributed by atoms with E-state index in [0.29, 0.717) is 5.69 Å². The zero-order chi connectivity index (χ0) is 18.5. The summed E-state index contributed by atoms with van der Waals surface area (Å²) in [5.74, 6) is -0.170. The van der Waals surface area contributed by atoms with Gasteiger partial charge < -0.3 is 20.3 Å². The van der Waals surface area contributed by atoms with Crippen molar-refractivity contribution in [2.45, 2.75) is 19.9 Å². The summed E-state index contributed by atoms with van der Waals surface area (Å²) in [5, 5.41) is 6.33. The number of rotatable bonds is 5. The van der Waals surface area contributed by atoms with E-state index in [9.17, 15) is 4.79 Å². The summed E-state index contributed by atoms with van der Waals surface area (Å²) in [4.78, 5) is 18.7. The van der Waals surface area contributed by atoms with Crippen molar-refractivity contribution in [1.82, 2.24) is 4.98 Å². The lowest BCUT2D eigenvalue weighted by molar-refractivity contribution is -0.116. The largest absolute Gasteiger partial charge is 0.378 e. The third-order valence-corrected chi connectivity index (χ3v) is 4.67. The molecule has 26 heavy (non-hydrogen) atoms. The van der Waals surface area contributed by atoms with Crippen LogP contribution < -0.4 is 15.5 Å². The highest BCUT2D eigenvalue weighted by Crippen LogP contribution is 2.24. The van der Waals surface area contributed by atoms with E-state index in [1.807, 2.05) is 19.9 Å². The van der Waals surface area contributed by atoms with E-state index in [-0.39, 0.29) is 11.1 Å². The highest BCUT2D eigenvalue weighted by Gasteiger charge is 2.16. The second-order valence-corrected chi connectivity index (χ2v) is 6.65. The van der Waals surface area contributed by atoms with Crippen LogP contribution in [0.4, 0.5) is 17.1 Å². The van der Waals surface area contributed by atoms with E-state index < -0.39 is 6.04 Å². The number of aromatic nitrogens is 1. The number of aryl methyl sites for hydroxylation is 1. The molecule has 1 aliphatic rings. The van der Waals surface area contributed by atoms with Gasteiger partial charge in [-0.25, -0.2) is 4.98 Å². The zero-order valence-electron chi connectivity index (χ0n) is 15.0. The van der Waals surface area contributed by atoms with Crippen molar-refractivity contribution in [3.8, 4) is 0 Å². The van der Waals surface area contributed by atoms with Gasteiger partial charge in [0.05, 0.1) is 18.9 Å². The normalized spacial score (nSPS) is 15.4. The van der Waals surface area contributed by atoms with Gasteiger partial charge in [-0.15, -0.1) is 0 Å². The molecule has 1 aromatic carbocycles. The van der Waals surface area contributed by atoms with Crippen molar-refractivity contribution in [1.29, 1.82) is 0 Å². The number of morpholine rings is 1. The van der Waals surface area contributed by atoms with Gasteiger partial charge in [0.1, 0.15) is 6.04 Å². The van der Waals surface area contributed by atoms with Gasteiger partial charge in [-0.3, -0.25) is 4.79 Å². The molecule has 1 aromatic heterocycles. The maximum atomic E-state index is 12.4. The number of carbonyl (C=O) groups excluding carboxylic acids is 1. The van der Waals surface area contributed by atoms with Crippen LogP contribution in [0.5, 0.6) is 0 Å². The highest BCUT2D eigenvalue weighted by atomic mass is 35.5. The Bertz CT molecular complexity index is 778. The van der Waals surface area contributed by atoms with E-state index in [1.54, 1.807) is 18.3 Å². The van der Waals surface area contributed by atoms with Gasteiger partial charge in [0, 0.05) is 30.7 Å². The number of halogens is 1. The van der Waals surface area contributed by atoms with E-state index in [4.69, 9.17) is 16.3 Å². The van der Waals surface area contributed by atoms with Gasteiger partial charge in [-0.1, -0.05) is 11.6 Å². The number of pyridine rings is 1. The molecule has 0 bridgehead atoms. The minimum Gasteiger partial charge on any atom is -0.378 e. The molecule has 0 aliphatic carbocycles. The third-order valence-electron chi connectivity index (χ3n) is 4.37. The van der Waals surface area contributed by atoms with Gasteiger partial charge in [0.25, 0.3) is 0 Å². The zero-order valence-corrected chi connectivity index (χ0v) is 15.7. The van der Waals surface area contributed by atoms with E-state index in [2.05, 4.69) is 32.7 Å². The average Bonchev–Trinajstić information content (AvgIpc) is 2.66. The molecule has 0 radical (unpaired) electrons. The summed E-state index contributed by atoms with van der Waals surface area (Å²) in [6, 6.07) is 9.26. The predicted octanol–water partition coefficient (Wildman–Crippen LogP) is 3.32. The molecule has 2 N–H and O–H groups in total. The van der Waals surface area contributed by atoms with Gasteiger partial charge in [0.15, 0.2) is 5.15 Å². The number of amides is 1. The number of anilines is 3. The van der Waals surface area contributed by atoms with Crippen molar-refractivity contribution in [3.05, 3.63) is 47.2 Å². The van der Waals surface area contributed by atoms with Crippen LogP contribution in [0, 0.1) is 6.92 Å². The maximum Gasteiger partial charge on any atom is 0.246 e. The summed E-state index contributed by atoms with van der Waals surface area (Å²) >= 11 is 5.99. The topological polar surface area (TPSA) is 66.5 Å². The minimum absolute atomic E-state index is 0.170. The van der Waals surface area contributed by atoms with Crippen molar-refractivity contribution < 1.29 is 9.53 Å². The van der Waals surface area contributed by atoms with Gasteiger partial charge in [0.2, 0.25) is 5.91 Å². The number of nitrogens with one attached hydrogen (secondary N) is 2. The summed E-state index contributed by atoms with van der Waals surface area (Å²) in [6.07, 6.45) is 1.58. The summed E-state index contributed by atoms with van der Waals surface area (Å²) in [5.41, 5.74) is 3.71. The lowest BCUT2D eigenvalue weighted by Crippen LogP contribution is -2.36. The van der Waals surface area contributed by atoms with Crippen molar-refractivity contribution in [2.75, 3.05) is 41.8 Å². The van der Waals surface area contributed by atoms with Crippen LogP contribution in [-0.2, 0) is 9.53 Å². The third kappa shape index (κ3) is 4.45. The monoisotopic (exact) mass is 374 g/mol. The second kappa shape index (κ2) is 8.38. The Labute approximate surface area is 158 Å². The van der Waals surface area contributed by atoms with Crippen LogP contribution in [0.3, 0.4) is 0 Å². The Morgan fingerprint density at radius 3 is 2.73 bits per heavy atom. The van der Waals surface area contributed by atoms with Crippen molar-refractivity contribution in [2.24, 2.45) is 0 Å². The molecule has 1 aliphatic heterocycles. The SMILES string of the molecule is Cc1cc(N2CCOCC2)ccc1N[C@H](C)C(=O)Nc1cccnc1Cl. The van der Waals surface area contributed by atoms with Crippen LogP contribution in [0.1, 0.15) is 12.5 Å². The Balaban J connectivity index is 1.64. The molecule has 0 unspecified atom stereocenters. The first-order valence-corrected chi connectivity index (χ1v) is 9.03. The summed E-state index contributed by atoms with van der Waals surface area (Å²) < 4.78 is 5.40. The maximum absolute atomic E-state index is 12.4. The van der Waals surface area contributed by atoms with Crippen LogP contribution >= 0.6 is 11.6 Å². The number of ether oxygens (including phenoxy) is 1. The molecule has 138 valence electrons. The number of carbonyl (C=O) groups is 1. The van der Waals surface area contributed by atoms with E-state index >= 15 is 0 Å². The Kier molecular flexibility index (Phi) is 5.96. The van der Waals surface area contributed by atoms with E-state index in [1.165, 1.54) is 5.69 Å². The van der Waals surface area contributed by atoms with Crippen LogP contribution in [-0.4, -0.2) is 43.2 Å². The Morgan fingerprint density at radius 2 is 2.04 bits per heavy atom. The van der Waals surface area contributed by atoms with Gasteiger partial charge in [-0.05, 0) is 49.7 Å². The second-order valence-electron chi connectivity index (χ2n) is 6.30. The molecular weight excluding hydrogens is 352 g/mol. The van der Waals surface area contributed by atoms with Crippen molar-refractivity contribution in [3.63, 3.8) is 0 Å². The first kappa shape index (κ1) is 18.5. The minimum atomic E-state index is -0.417. The predicted molar refractivity (Wildman–Crippen MR) is 105 cm³/mol. The van der Waals surface area contributed by atoms with Gasteiger partial charge >= 0.3 is 0 Å². The molecular formula is C19H23ClN4O2. The molecule has 2 aromatic rings. The molecule has 2 heterocycles. The lowest BCUT2D eigenvalue weighted by atomic mass is 10.1. The first-order chi connectivity index (χ1) is 12.5. The quantitative estimate of drug-likeness (QED) is 0.786. The highest BCUT2D eigenvalue weighted by molar-refractivity contribution is 6.32. The molecule has 0 spiro atoms. The molecule has 1 saturated heterocycles. The fourth-order valence-corrected chi connectivity index (χ4v) is 3.01. The molecule has 6 nitrogen and oxygen atoms in total. The lowest BCUT2D eigenvalue weighted by Gasteiger charge is -2.29. The summed E-state index contributed by atoms with van der Waals surface area (Å²) in [7, 11) is 0. The number of hydrogen-bond acceptors (Lipinski definition) is 5.